The van der Waals surface area contributed by atoms with Crippen molar-refractivity contribution in [3.8, 4) is 0 Å². The molecule has 0 aliphatic rings. The lowest BCUT2D eigenvalue weighted by Crippen LogP contribution is -2.30. The summed E-state index contributed by atoms with van der Waals surface area (Å²) in [5, 5.41) is 3.04. The van der Waals surface area contributed by atoms with E-state index >= 15 is 0 Å². The van der Waals surface area contributed by atoms with Gasteiger partial charge < -0.3 is 11.1 Å². The smallest absolute Gasteiger partial charge is 0.269 e. The van der Waals surface area contributed by atoms with Crippen molar-refractivity contribution in [2.75, 3.05) is 29.6 Å². The van der Waals surface area contributed by atoms with Crippen LogP contribution in [-0.4, -0.2) is 41.7 Å². The number of amides is 1. The molecule has 1 amide bonds. The maximum atomic E-state index is 12.6. The highest BCUT2D eigenvalue weighted by Gasteiger charge is 2.21. The van der Waals surface area contributed by atoms with E-state index < -0.39 is 10.0 Å². The van der Waals surface area contributed by atoms with Gasteiger partial charge in [-0.1, -0.05) is 31.5 Å². The Morgan fingerprint density at radius 1 is 0.970 bits per heavy atom. The van der Waals surface area contributed by atoms with Crippen molar-refractivity contribution in [1.29, 1.82) is 0 Å². The summed E-state index contributed by atoms with van der Waals surface area (Å²) in [6.07, 6.45) is 1.29. The minimum absolute atomic E-state index is 0.182. The Morgan fingerprint density at radius 2 is 1.58 bits per heavy atom. The number of aryl methyl sites for hydroxylation is 1. The van der Waals surface area contributed by atoms with Crippen LogP contribution in [0.25, 0.3) is 0 Å². The molecule has 0 spiro atoms. The lowest BCUT2D eigenvalue weighted by Gasteiger charge is -2.18. The Morgan fingerprint density at radius 3 is 2.18 bits per heavy atom. The number of sulfonamides is 1. The molecular weight excluding hydrogens is 442 g/mol. The number of rotatable bonds is 9. The number of nitrogens with one attached hydrogen (secondary N) is 3. The molecule has 3 aromatic rings. The van der Waals surface area contributed by atoms with E-state index in [1.807, 2.05) is 19.1 Å². The minimum atomic E-state index is -3.54. The summed E-state index contributed by atoms with van der Waals surface area (Å²) in [7, 11) is -3.54. The highest BCUT2D eigenvalue weighted by Crippen LogP contribution is 2.26. The third-order valence-corrected chi connectivity index (χ3v) is 7.02. The van der Waals surface area contributed by atoms with Crippen molar-refractivity contribution in [2.24, 2.45) is 0 Å². The van der Waals surface area contributed by atoms with Crippen molar-refractivity contribution in [3.05, 3.63) is 66.0 Å². The first kappa shape index (κ1) is 24.0. The van der Waals surface area contributed by atoms with Crippen LogP contribution in [0.3, 0.4) is 0 Å². The summed E-state index contributed by atoms with van der Waals surface area (Å²) in [4.78, 5) is 20.7. The van der Waals surface area contributed by atoms with E-state index in [0.29, 0.717) is 30.2 Å². The van der Waals surface area contributed by atoms with Gasteiger partial charge in [0.05, 0.1) is 4.90 Å². The number of hydrogen-bond donors (Lipinski definition) is 4. The van der Waals surface area contributed by atoms with Crippen LogP contribution < -0.4 is 21.9 Å². The van der Waals surface area contributed by atoms with Crippen LogP contribution >= 0.6 is 0 Å². The van der Waals surface area contributed by atoms with Gasteiger partial charge in [-0.3, -0.25) is 15.6 Å². The molecule has 0 saturated heterocycles. The third kappa shape index (κ3) is 5.57. The molecular formula is C22H27N7O3S. The Kier molecular flexibility index (Phi) is 7.46. The van der Waals surface area contributed by atoms with Gasteiger partial charge in [-0.2, -0.15) is 4.31 Å². The molecule has 0 bridgehead atoms. The number of aromatic nitrogens is 2. The molecule has 5 N–H and O–H groups in total. The van der Waals surface area contributed by atoms with E-state index in [0.717, 1.165) is 5.56 Å². The van der Waals surface area contributed by atoms with Crippen LogP contribution in [0.5, 0.6) is 0 Å². The predicted octanol–water partition coefficient (Wildman–Crippen LogP) is 2.90. The summed E-state index contributed by atoms with van der Waals surface area (Å²) >= 11 is 0. The molecule has 10 nitrogen and oxygen atoms in total. The van der Waals surface area contributed by atoms with Gasteiger partial charge in [-0.15, -0.1) is 0 Å². The highest BCUT2D eigenvalue weighted by molar-refractivity contribution is 7.89. The Hall–Kier alpha value is -3.70. The van der Waals surface area contributed by atoms with Crippen molar-refractivity contribution >= 4 is 38.9 Å². The number of carbonyl (C=O) groups excluding carboxylic acids is 1. The molecule has 0 radical (unpaired) electrons. The van der Waals surface area contributed by atoms with Crippen LogP contribution in [0, 0.1) is 6.92 Å². The van der Waals surface area contributed by atoms with Gasteiger partial charge in [0, 0.05) is 24.3 Å². The topological polar surface area (TPSA) is 142 Å². The number of anilines is 4. The number of nitrogens with two attached hydrogens (primary N) is 1. The maximum absolute atomic E-state index is 12.6. The fourth-order valence-corrected chi connectivity index (χ4v) is 4.51. The molecule has 0 atom stereocenters. The zero-order valence-corrected chi connectivity index (χ0v) is 19.5. The third-order valence-electron chi connectivity index (χ3n) is 4.95. The number of carbonyl (C=O) groups is 1. The quantitative estimate of drug-likeness (QED) is 0.350. The second-order valence-corrected chi connectivity index (χ2v) is 9.11. The van der Waals surface area contributed by atoms with E-state index in [1.165, 1.54) is 22.8 Å². The van der Waals surface area contributed by atoms with Gasteiger partial charge in [-0.05, 0) is 43.3 Å². The van der Waals surface area contributed by atoms with E-state index in [2.05, 4.69) is 26.1 Å². The fourth-order valence-electron chi connectivity index (χ4n) is 3.05. The molecule has 33 heavy (non-hydrogen) atoms. The Balaban J connectivity index is 1.70. The minimum Gasteiger partial charge on any atom is -0.393 e. The van der Waals surface area contributed by atoms with E-state index in [4.69, 9.17) is 5.73 Å². The van der Waals surface area contributed by atoms with Crippen molar-refractivity contribution < 1.29 is 13.2 Å². The van der Waals surface area contributed by atoms with Gasteiger partial charge in [-0.25, -0.2) is 18.4 Å². The first-order chi connectivity index (χ1) is 15.8. The number of nitrogen functional groups attached to an aromatic ring is 1. The standard InChI is InChI=1S/C22H27N7O3S/c1-4-29(5-2)33(31,32)18-12-10-17(11-13-18)26-20-19(23)21(25-14-24-20)27-28-22(30)16-8-6-15(3)7-9-16/h6-14H,4-5,23H2,1-3H3,(H,28,30)(H2,24,25,26,27). The Bertz CT molecular complexity index is 1210. The van der Waals surface area contributed by atoms with Gasteiger partial charge in [0.15, 0.2) is 11.6 Å². The molecule has 174 valence electrons. The zero-order valence-electron chi connectivity index (χ0n) is 18.7. The number of benzene rings is 2. The van der Waals surface area contributed by atoms with Crippen LogP contribution in [0.2, 0.25) is 0 Å². The lowest BCUT2D eigenvalue weighted by atomic mass is 10.1. The number of nitrogens with zero attached hydrogens (tertiary/aromatic N) is 3. The van der Waals surface area contributed by atoms with Gasteiger partial charge in [0.2, 0.25) is 10.0 Å². The average molecular weight is 470 g/mol. The maximum Gasteiger partial charge on any atom is 0.269 e. The molecule has 0 fully saturated rings. The highest BCUT2D eigenvalue weighted by atomic mass is 32.2. The number of hydrogen-bond acceptors (Lipinski definition) is 8. The molecule has 11 heteroatoms. The number of hydrazine groups is 1. The first-order valence-corrected chi connectivity index (χ1v) is 11.8. The molecule has 0 aliphatic carbocycles. The van der Waals surface area contributed by atoms with Gasteiger partial charge in [0.25, 0.3) is 5.91 Å². The molecule has 1 aromatic heterocycles. The van der Waals surface area contributed by atoms with Crippen molar-refractivity contribution in [3.63, 3.8) is 0 Å². The molecule has 3 rings (SSSR count). The average Bonchev–Trinajstić information content (AvgIpc) is 2.81. The van der Waals surface area contributed by atoms with E-state index in [1.54, 1.807) is 38.1 Å². The Labute approximate surface area is 193 Å². The van der Waals surface area contributed by atoms with E-state index in [9.17, 15) is 13.2 Å². The zero-order chi connectivity index (χ0) is 24.0. The predicted molar refractivity (Wildman–Crippen MR) is 129 cm³/mol. The van der Waals surface area contributed by atoms with Crippen LogP contribution in [0.15, 0.2) is 59.8 Å². The SMILES string of the molecule is CCN(CC)S(=O)(=O)c1ccc(Nc2ncnc(NNC(=O)c3ccc(C)cc3)c2N)cc1. The normalized spacial score (nSPS) is 11.3. The molecule has 1 heterocycles. The summed E-state index contributed by atoms with van der Waals surface area (Å²) in [5.41, 5.74) is 13.7. The lowest BCUT2D eigenvalue weighted by molar-refractivity contribution is 0.0962. The summed E-state index contributed by atoms with van der Waals surface area (Å²) in [5.74, 6) is 0.178. The second-order valence-electron chi connectivity index (χ2n) is 7.17. The van der Waals surface area contributed by atoms with Crippen LogP contribution in [-0.2, 0) is 10.0 Å². The van der Waals surface area contributed by atoms with Gasteiger partial charge >= 0.3 is 0 Å². The van der Waals surface area contributed by atoms with Gasteiger partial charge in [0.1, 0.15) is 12.0 Å². The van der Waals surface area contributed by atoms with E-state index in [-0.39, 0.29) is 22.3 Å². The first-order valence-electron chi connectivity index (χ1n) is 10.4. The van der Waals surface area contributed by atoms with Crippen molar-refractivity contribution in [1.82, 2.24) is 19.7 Å². The second kappa shape index (κ2) is 10.3. The molecule has 0 aliphatic heterocycles. The molecule has 2 aromatic carbocycles. The van der Waals surface area contributed by atoms with Crippen LogP contribution in [0.1, 0.15) is 29.8 Å². The summed E-state index contributed by atoms with van der Waals surface area (Å²) < 4.78 is 26.7. The monoisotopic (exact) mass is 469 g/mol. The molecule has 0 unspecified atom stereocenters. The largest absolute Gasteiger partial charge is 0.393 e. The van der Waals surface area contributed by atoms with Crippen molar-refractivity contribution in [2.45, 2.75) is 25.7 Å². The van der Waals surface area contributed by atoms with Crippen LogP contribution in [0.4, 0.5) is 23.0 Å². The summed E-state index contributed by atoms with van der Waals surface area (Å²) in [6, 6.07) is 13.4. The molecule has 0 saturated carbocycles. The fraction of sp³-hybridized carbons (Fsp3) is 0.227. The summed E-state index contributed by atoms with van der Waals surface area (Å²) in [6.45, 7) is 6.32.